The minimum Gasteiger partial charge on any atom is -0.376 e. The second-order valence-corrected chi connectivity index (χ2v) is 7.06. The summed E-state index contributed by atoms with van der Waals surface area (Å²) in [7, 11) is 2.10. The Labute approximate surface area is 134 Å². The van der Waals surface area contributed by atoms with Crippen LogP contribution in [0.4, 0.5) is 5.13 Å². The molecule has 2 aliphatic heterocycles. The fourth-order valence-electron chi connectivity index (χ4n) is 2.69. The second kappa shape index (κ2) is 7.04. The van der Waals surface area contributed by atoms with Crippen molar-refractivity contribution >= 4 is 22.4 Å². The predicted octanol–water partition coefficient (Wildman–Crippen LogP) is 1.65. The number of aromatic nitrogens is 1. The van der Waals surface area contributed by atoms with E-state index in [9.17, 15) is 4.79 Å². The Morgan fingerprint density at radius 3 is 3.27 bits per heavy atom. The zero-order valence-electron chi connectivity index (χ0n) is 13.1. The van der Waals surface area contributed by atoms with Crippen LogP contribution >= 0.6 is 11.3 Å². The van der Waals surface area contributed by atoms with E-state index >= 15 is 0 Å². The smallest absolute Gasteiger partial charge is 0.254 e. The van der Waals surface area contributed by atoms with E-state index in [0.29, 0.717) is 11.7 Å². The Hall–Kier alpha value is -1.02. The number of ether oxygens (including phenoxy) is 2. The van der Waals surface area contributed by atoms with E-state index in [0.717, 1.165) is 44.7 Å². The minimum atomic E-state index is -0.493. The van der Waals surface area contributed by atoms with Gasteiger partial charge in [0.2, 0.25) is 0 Å². The van der Waals surface area contributed by atoms with Crippen LogP contribution in [0.25, 0.3) is 0 Å². The molecule has 1 N–H and O–H groups in total. The molecule has 7 heteroatoms. The van der Waals surface area contributed by atoms with Crippen molar-refractivity contribution in [1.82, 2.24) is 9.88 Å². The molecule has 0 aliphatic carbocycles. The van der Waals surface area contributed by atoms with Crippen molar-refractivity contribution in [2.75, 3.05) is 32.1 Å². The highest BCUT2D eigenvalue weighted by Gasteiger charge is 2.22. The maximum absolute atomic E-state index is 12.2. The topological polar surface area (TPSA) is 63.7 Å². The molecule has 0 bridgehead atoms. The van der Waals surface area contributed by atoms with Gasteiger partial charge in [0.15, 0.2) is 5.13 Å². The van der Waals surface area contributed by atoms with Crippen molar-refractivity contribution in [3.05, 3.63) is 10.6 Å². The average Bonchev–Trinajstić information content (AvgIpc) is 3.12. The molecule has 1 fully saturated rings. The third-order valence-corrected chi connectivity index (χ3v) is 5.08. The van der Waals surface area contributed by atoms with Gasteiger partial charge in [-0.1, -0.05) is 0 Å². The summed E-state index contributed by atoms with van der Waals surface area (Å²) in [5.74, 6) is -0.141. The zero-order valence-corrected chi connectivity index (χ0v) is 13.9. The van der Waals surface area contributed by atoms with Gasteiger partial charge >= 0.3 is 0 Å². The SMILES string of the molecule is C[C@H](OC[C@H]1CCCO1)C(=O)Nc1nc2c(s1)CN(C)CC2. The average molecular weight is 325 g/mol. The van der Waals surface area contributed by atoms with E-state index in [1.807, 2.05) is 0 Å². The zero-order chi connectivity index (χ0) is 15.5. The molecule has 1 saturated heterocycles. The molecule has 0 saturated carbocycles. The van der Waals surface area contributed by atoms with E-state index in [2.05, 4.69) is 22.2 Å². The van der Waals surface area contributed by atoms with Crippen LogP contribution in [0.5, 0.6) is 0 Å². The van der Waals surface area contributed by atoms with Crippen molar-refractivity contribution in [3.63, 3.8) is 0 Å². The molecule has 0 spiro atoms. The van der Waals surface area contributed by atoms with Gasteiger partial charge in [0.25, 0.3) is 5.91 Å². The van der Waals surface area contributed by atoms with Crippen LogP contribution in [0.15, 0.2) is 0 Å². The molecule has 122 valence electrons. The molecule has 2 atom stereocenters. The third kappa shape index (κ3) is 3.84. The number of anilines is 1. The number of carbonyl (C=O) groups is 1. The van der Waals surface area contributed by atoms with Crippen LogP contribution in [-0.4, -0.2) is 54.8 Å². The largest absolute Gasteiger partial charge is 0.376 e. The van der Waals surface area contributed by atoms with Crippen molar-refractivity contribution in [3.8, 4) is 0 Å². The summed E-state index contributed by atoms with van der Waals surface area (Å²) >= 11 is 1.56. The van der Waals surface area contributed by atoms with E-state index in [1.54, 1.807) is 18.3 Å². The maximum atomic E-state index is 12.2. The Morgan fingerprint density at radius 1 is 1.64 bits per heavy atom. The number of rotatable bonds is 5. The molecule has 1 aromatic heterocycles. The molecule has 1 aromatic rings. The van der Waals surface area contributed by atoms with Crippen LogP contribution in [0.1, 0.15) is 30.3 Å². The number of carbonyl (C=O) groups excluding carboxylic acids is 1. The Morgan fingerprint density at radius 2 is 2.50 bits per heavy atom. The Bertz CT molecular complexity index is 528. The molecule has 3 rings (SSSR count). The summed E-state index contributed by atoms with van der Waals surface area (Å²) in [5, 5.41) is 3.55. The summed E-state index contributed by atoms with van der Waals surface area (Å²) in [6.07, 6.45) is 2.68. The maximum Gasteiger partial charge on any atom is 0.254 e. The van der Waals surface area contributed by atoms with Gasteiger partial charge in [-0.15, -0.1) is 11.3 Å². The molecule has 0 aromatic carbocycles. The lowest BCUT2D eigenvalue weighted by atomic mass is 10.2. The second-order valence-electron chi connectivity index (χ2n) is 5.98. The number of hydrogen-bond donors (Lipinski definition) is 1. The number of nitrogens with one attached hydrogen (secondary N) is 1. The Kier molecular flexibility index (Phi) is 5.07. The van der Waals surface area contributed by atoms with Crippen LogP contribution < -0.4 is 5.32 Å². The number of fused-ring (bicyclic) bond motifs is 1. The number of likely N-dealkylation sites (N-methyl/N-ethyl adjacent to an activating group) is 1. The van der Waals surface area contributed by atoms with Crippen LogP contribution in [-0.2, 0) is 27.2 Å². The monoisotopic (exact) mass is 325 g/mol. The van der Waals surface area contributed by atoms with Gasteiger partial charge < -0.3 is 14.4 Å². The first-order valence-electron chi connectivity index (χ1n) is 7.83. The highest BCUT2D eigenvalue weighted by atomic mass is 32.1. The summed E-state index contributed by atoms with van der Waals surface area (Å²) in [6.45, 7) is 4.98. The van der Waals surface area contributed by atoms with E-state index < -0.39 is 6.10 Å². The van der Waals surface area contributed by atoms with E-state index in [-0.39, 0.29) is 12.0 Å². The van der Waals surface area contributed by atoms with Crippen molar-refractivity contribution in [2.24, 2.45) is 0 Å². The van der Waals surface area contributed by atoms with E-state index in [4.69, 9.17) is 9.47 Å². The number of thiazole rings is 1. The number of nitrogens with zero attached hydrogens (tertiary/aromatic N) is 2. The molecule has 2 aliphatic rings. The fourth-order valence-corrected chi connectivity index (χ4v) is 3.78. The first-order chi connectivity index (χ1) is 10.6. The number of amides is 1. The van der Waals surface area contributed by atoms with Crippen molar-refractivity contribution < 1.29 is 14.3 Å². The third-order valence-electron chi connectivity index (χ3n) is 4.08. The standard InChI is InChI=1S/C15H23N3O3S/c1-10(21-9-11-4-3-7-20-11)14(19)17-15-16-12-5-6-18(2)8-13(12)22-15/h10-11H,3-9H2,1-2H3,(H,16,17,19)/t10-,11+/m0/s1. The van der Waals surface area contributed by atoms with Gasteiger partial charge in [0, 0.05) is 31.0 Å². The lowest BCUT2D eigenvalue weighted by Crippen LogP contribution is -2.30. The summed E-state index contributed by atoms with van der Waals surface area (Å²) in [4.78, 5) is 20.2. The molecule has 0 radical (unpaired) electrons. The highest BCUT2D eigenvalue weighted by Crippen LogP contribution is 2.27. The van der Waals surface area contributed by atoms with Crippen molar-refractivity contribution in [2.45, 2.75) is 44.9 Å². The molecular formula is C15H23N3O3S. The first-order valence-corrected chi connectivity index (χ1v) is 8.64. The Balaban J connectivity index is 1.50. The van der Waals surface area contributed by atoms with Gasteiger partial charge in [-0.3, -0.25) is 10.1 Å². The summed E-state index contributed by atoms with van der Waals surface area (Å²) in [5.41, 5.74) is 1.12. The van der Waals surface area contributed by atoms with Crippen molar-refractivity contribution in [1.29, 1.82) is 0 Å². The highest BCUT2D eigenvalue weighted by molar-refractivity contribution is 7.15. The number of hydrogen-bond acceptors (Lipinski definition) is 6. The predicted molar refractivity (Wildman–Crippen MR) is 85.2 cm³/mol. The van der Waals surface area contributed by atoms with Gasteiger partial charge in [-0.2, -0.15) is 0 Å². The molecule has 3 heterocycles. The first kappa shape index (κ1) is 15.9. The lowest BCUT2D eigenvalue weighted by molar-refractivity contribution is -0.128. The molecule has 22 heavy (non-hydrogen) atoms. The fraction of sp³-hybridized carbons (Fsp3) is 0.733. The summed E-state index contributed by atoms with van der Waals surface area (Å²) in [6, 6.07) is 0. The van der Waals surface area contributed by atoms with Gasteiger partial charge in [-0.05, 0) is 26.8 Å². The van der Waals surface area contributed by atoms with Crippen LogP contribution in [0, 0.1) is 0 Å². The van der Waals surface area contributed by atoms with Crippen LogP contribution in [0.3, 0.4) is 0 Å². The van der Waals surface area contributed by atoms with Gasteiger partial charge in [0.05, 0.1) is 18.4 Å². The minimum absolute atomic E-state index is 0.137. The van der Waals surface area contributed by atoms with Gasteiger partial charge in [0.1, 0.15) is 6.10 Å². The van der Waals surface area contributed by atoms with E-state index in [1.165, 1.54) is 4.88 Å². The molecule has 0 unspecified atom stereocenters. The lowest BCUT2D eigenvalue weighted by Gasteiger charge is -2.20. The van der Waals surface area contributed by atoms with Gasteiger partial charge in [-0.25, -0.2) is 4.98 Å². The molecular weight excluding hydrogens is 302 g/mol. The normalized spacial score (nSPS) is 23.3. The quantitative estimate of drug-likeness (QED) is 0.892. The molecule has 6 nitrogen and oxygen atoms in total. The summed E-state index contributed by atoms with van der Waals surface area (Å²) < 4.78 is 11.1. The van der Waals surface area contributed by atoms with Crippen LogP contribution in [0.2, 0.25) is 0 Å². The molecule has 1 amide bonds.